The normalized spacial score (nSPS) is 10.4. The average Bonchev–Trinajstić information content (AvgIpc) is 2.07. The molecule has 0 atom stereocenters. The summed E-state index contributed by atoms with van der Waals surface area (Å²) in [5.74, 6) is 0.470. The van der Waals surface area contributed by atoms with Crippen molar-refractivity contribution in [3.8, 4) is 0 Å². The number of rotatable bonds is 2. The van der Waals surface area contributed by atoms with E-state index in [4.69, 9.17) is 0 Å². The molecule has 0 bridgehead atoms. The first-order valence-corrected chi connectivity index (χ1v) is 4.89. The standard InChI is InChI=1S/C12H17NO/c1-8(2)11-6-5-7-12(9(11)3)13-10(4)14/h5-8H,1-4H3,(H,13,14). The van der Waals surface area contributed by atoms with Crippen LogP contribution in [-0.4, -0.2) is 5.91 Å². The molecule has 1 amide bonds. The summed E-state index contributed by atoms with van der Waals surface area (Å²) in [4.78, 5) is 10.9. The maximum Gasteiger partial charge on any atom is 0.221 e. The van der Waals surface area contributed by atoms with Gasteiger partial charge in [0, 0.05) is 12.6 Å². The van der Waals surface area contributed by atoms with Gasteiger partial charge in [0.2, 0.25) is 5.91 Å². The van der Waals surface area contributed by atoms with Gasteiger partial charge >= 0.3 is 0 Å². The molecule has 0 radical (unpaired) electrons. The SMILES string of the molecule is CC(=O)Nc1cccc(C(C)C)c1C. The highest BCUT2D eigenvalue weighted by Crippen LogP contribution is 2.24. The van der Waals surface area contributed by atoms with Gasteiger partial charge < -0.3 is 5.32 Å². The summed E-state index contributed by atoms with van der Waals surface area (Å²) >= 11 is 0. The predicted molar refractivity (Wildman–Crippen MR) is 59.6 cm³/mol. The van der Waals surface area contributed by atoms with Gasteiger partial charge in [0.05, 0.1) is 0 Å². The number of nitrogens with one attached hydrogen (secondary N) is 1. The molecule has 0 fully saturated rings. The summed E-state index contributed by atoms with van der Waals surface area (Å²) in [5.41, 5.74) is 3.37. The summed E-state index contributed by atoms with van der Waals surface area (Å²) in [7, 11) is 0. The van der Waals surface area contributed by atoms with Crippen LogP contribution in [0.4, 0.5) is 5.69 Å². The van der Waals surface area contributed by atoms with Crippen LogP contribution in [0.25, 0.3) is 0 Å². The smallest absolute Gasteiger partial charge is 0.221 e. The van der Waals surface area contributed by atoms with E-state index < -0.39 is 0 Å². The van der Waals surface area contributed by atoms with E-state index in [1.54, 1.807) is 0 Å². The molecule has 1 rings (SSSR count). The molecule has 0 saturated carbocycles. The van der Waals surface area contributed by atoms with Gasteiger partial charge in [-0.05, 0) is 30.0 Å². The van der Waals surface area contributed by atoms with Crippen LogP contribution in [0.5, 0.6) is 0 Å². The van der Waals surface area contributed by atoms with Gasteiger partial charge in [-0.3, -0.25) is 4.79 Å². The fraction of sp³-hybridized carbons (Fsp3) is 0.417. The van der Waals surface area contributed by atoms with Crippen LogP contribution in [0.2, 0.25) is 0 Å². The Bertz CT molecular complexity index is 342. The van der Waals surface area contributed by atoms with Crippen molar-refractivity contribution >= 4 is 11.6 Å². The minimum Gasteiger partial charge on any atom is -0.326 e. The number of hydrogen-bond donors (Lipinski definition) is 1. The Labute approximate surface area is 85.3 Å². The molecule has 76 valence electrons. The van der Waals surface area contributed by atoms with Gasteiger partial charge in [0.15, 0.2) is 0 Å². The van der Waals surface area contributed by atoms with Gasteiger partial charge in [-0.2, -0.15) is 0 Å². The zero-order valence-electron chi connectivity index (χ0n) is 9.22. The van der Waals surface area contributed by atoms with Crippen molar-refractivity contribution in [2.75, 3.05) is 5.32 Å². The molecule has 14 heavy (non-hydrogen) atoms. The van der Waals surface area contributed by atoms with Gasteiger partial charge in [0.25, 0.3) is 0 Å². The molecule has 0 spiro atoms. The molecule has 0 aliphatic carbocycles. The monoisotopic (exact) mass is 191 g/mol. The molecule has 1 N–H and O–H groups in total. The molecule has 0 unspecified atom stereocenters. The number of carbonyl (C=O) groups excluding carboxylic acids is 1. The van der Waals surface area contributed by atoms with E-state index in [1.807, 2.05) is 19.1 Å². The van der Waals surface area contributed by atoms with E-state index in [0.717, 1.165) is 11.3 Å². The summed E-state index contributed by atoms with van der Waals surface area (Å²) in [6, 6.07) is 6.02. The molecule has 0 aliphatic heterocycles. The summed E-state index contributed by atoms with van der Waals surface area (Å²) < 4.78 is 0. The lowest BCUT2D eigenvalue weighted by atomic mass is 9.97. The Balaban J connectivity index is 3.07. The molecule has 1 aromatic carbocycles. The first kappa shape index (κ1) is 10.8. The van der Waals surface area contributed by atoms with Crippen molar-refractivity contribution in [3.63, 3.8) is 0 Å². The molecule has 2 nitrogen and oxygen atoms in total. The lowest BCUT2D eigenvalue weighted by Crippen LogP contribution is -2.08. The molecule has 1 aromatic rings. The molecule has 0 saturated heterocycles. The molecule has 0 aromatic heterocycles. The van der Waals surface area contributed by atoms with Crippen molar-refractivity contribution in [2.24, 2.45) is 0 Å². The number of amides is 1. The average molecular weight is 191 g/mol. The van der Waals surface area contributed by atoms with Crippen molar-refractivity contribution in [2.45, 2.75) is 33.6 Å². The summed E-state index contributed by atoms with van der Waals surface area (Å²) in [6.07, 6.45) is 0. The fourth-order valence-electron chi connectivity index (χ4n) is 1.60. The second-order valence-corrected chi connectivity index (χ2v) is 3.86. The first-order valence-electron chi connectivity index (χ1n) is 4.89. The largest absolute Gasteiger partial charge is 0.326 e. The Morgan fingerprint density at radius 1 is 1.36 bits per heavy atom. The van der Waals surface area contributed by atoms with E-state index in [9.17, 15) is 4.79 Å². The highest BCUT2D eigenvalue weighted by atomic mass is 16.1. The first-order chi connectivity index (χ1) is 6.52. The molecule has 0 aliphatic rings. The van der Waals surface area contributed by atoms with Crippen LogP contribution in [0, 0.1) is 6.92 Å². The Kier molecular flexibility index (Phi) is 3.28. The lowest BCUT2D eigenvalue weighted by Gasteiger charge is -2.13. The van der Waals surface area contributed by atoms with Gasteiger partial charge in [-0.15, -0.1) is 0 Å². The van der Waals surface area contributed by atoms with E-state index in [1.165, 1.54) is 12.5 Å². The zero-order valence-corrected chi connectivity index (χ0v) is 9.22. The minimum absolute atomic E-state index is 0.0194. The van der Waals surface area contributed by atoms with E-state index in [0.29, 0.717) is 5.92 Å². The van der Waals surface area contributed by atoms with Gasteiger partial charge in [0.1, 0.15) is 0 Å². The predicted octanol–water partition coefficient (Wildman–Crippen LogP) is 3.08. The quantitative estimate of drug-likeness (QED) is 0.764. The van der Waals surface area contributed by atoms with E-state index in [2.05, 4.69) is 25.2 Å². The third-order valence-corrected chi connectivity index (χ3v) is 2.31. The van der Waals surface area contributed by atoms with E-state index in [-0.39, 0.29) is 5.91 Å². The topological polar surface area (TPSA) is 29.1 Å². The van der Waals surface area contributed by atoms with Crippen molar-refractivity contribution < 1.29 is 4.79 Å². The van der Waals surface area contributed by atoms with Crippen molar-refractivity contribution in [1.82, 2.24) is 0 Å². The maximum atomic E-state index is 10.9. The minimum atomic E-state index is -0.0194. The Morgan fingerprint density at radius 2 is 2.00 bits per heavy atom. The van der Waals surface area contributed by atoms with E-state index >= 15 is 0 Å². The van der Waals surface area contributed by atoms with Crippen LogP contribution in [0.3, 0.4) is 0 Å². The molecular weight excluding hydrogens is 174 g/mol. The highest BCUT2D eigenvalue weighted by Gasteiger charge is 2.07. The lowest BCUT2D eigenvalue weighted by molar-refractivity contribution is -0.114. The fourth-order valence-corrected chi connectivity index (χ4v) is 1.60. The van der Waals surface area contributed by atoms with Crippen LogP contribution >= 0.6 is 0 Å². The second kappa shape index (κ2) is 4.27. The molecule has 0 heterocycles. The Morgan fingerprint density at radius 3 is 2.50 bits per heavy atom. The van der Waals surface area contributed by atoms with Gasteiger partial charge in [-0.25, -0.2) is 0 Å². The van der Waals surface area contributed by atoms with Crippen molar-refractivity contribution in [3.05, 3.63) is 29.3 Å². The van der Waals surface area contributed by atoms with Gasteiger partial charge in [-0.1, -0.05) is 26.0 Å². The van der Waals surface area contributed by atoms with Crippen LogP contribution in [0.15, 0.2) is 18.2 Å². The van der Waals surface area contributed by atoms with Crippen LogP contribution in [-0.2, 0) is 4.79 Å². The summed E-state index contributed by atoms with van der Waals surface area (Å²) in [6.45, 7) is 7.88. The summed E-state index contributed by atoms with van der Waals surface area (Å²) in [5, 5.41) is 2.83. The molecule has 2 heteroatoms. The number of carbonyl (C=O) groups is 1. The maximum absolute atomic E-state index is 10.9. The highest BCUT2D eigenvalue weighted by molar-refractivity contribution is 5.89. The number of benzene rings is 1. The number of anilines is 1. The third kappa shape index (κ3) is 2.34. The van der Waals surface area contributed by atoms with Crippen LogP contribution in [0.1, 0.15) is 37.8 Å². The second-order valence-electron chi connectivity index (χ2n) is 3.86. The number of hydrogen-bond acceptors (Lipinski definition) is 1. The molecular formula is C12H17NO. The Hall–Kier alpha value is -1.31. The van der Waals surface area contributed by atoms with Crippen molar-refractivity contribution in [1.29, 1.82) is 0 Å². The van der Waals surface area contributed by atoms with Crippen LogP contribution < -0.4 is 5.32 Å². The third-order valence-electron chi connectivity index (χ3n) is 2.31. The zero-order chi connectivity index (χ0) is 10.7.